The monoisotopic (exact) mass is 244 g/mol. The molecule has 2 aromatic rings. The number of rotatable bonds is 3. The van der Waals surface area contributed by atoms with Crippen molar-refractivity contribution in [1.29, 1.82) is 0 Å². The summed E-state index contributed by atoms with van der Waals surface area (Å²) in [4.78, 5) is 24.6. The molecule has 1 aromatic heterocycles. The van der Waals surface area contributed by atoms with Crippen molar-refractivity contribution in [3.8, 4) is 0 Å². The number of nitrogen functional groups attached to an aromatic ring is 1. The van der Waals surface area contributed by atoms with E-state index in [1.54, 1.807) is 24.4 Å². The van der Waals surface area contributed by atoms with Crippen molar-refractivity contribution in [3.63, 3.8) is 0 Å². The number of aromatic carboxylic acids is 1. The molecule has 0 saturated carbocycles. The molecule has 1 aromatic carbocycles. The van der Waals surface area contributed by atoms with Crippen LogP contribution in [-0.4, -0.2) is 16.1 Å². The molecule has 4 N–H and O–H groups in total. The van der Waals surface area contributed by atoms with Crippen LogP contribution in [0.3, 0.4) is 0 Å². The van der Waals surface area contributed by atoms with Crippen LogP contribution in [0.15, 0.2) is 41.3 Å². The first-order chi connectivity index (χ1) is 8.58. The van der Waals surface area contributed by atoms with Gasteiger partial charge in [0.05, 0.1) is 5.56 Å². The number of para-hydroxylation sites is 1. The molecule has 0 aliphatic heterocycles. The van der Waals surface area contributed by atoms with E-state index in [-0.39, 0.29) is 16.8 Å². The Labute approximate surface area is 103 Å². The van der Waals surface area contributed by atoms with Crippen LogP contribution in [0, 0.1) is 0 Å². The van der Waals surface area contributed by atoms with E-state index in [1.165, 1.54) is 12.1 Å². The second-order valence-corrected chi connectivity index (χ2v) is 3.92. The molecule has 0 atom stereocenters. The third kappa shape index (κ3) is 2.40. The Kier molecular flexibility index (Phi) is 3.14. The van der Waals surface area contributed by atoms with Gasteiger partial charge in [0.25, 0.3) is 0 Å². The summed E-state index contributed by atoms with van der Waals surface area (Å²) >= 11 is 0. The van der Waals surface area contributed by atoms with Gasteiger partial charge in [-0.2, -0.15) is 0 Å². The maximum Gasteiger partial charge on any atom is 0.337 e. The first kappa shape index (κ1) is 11.9. The van der Waals surface area contributed by atoms with Crippen LogP contribution in [-0.2, 0) is 6.42 Å². The molecule has 0 aliphatic rings. The predicted octanol–water partition coefficient (Wildman–Crippen LogP) is 1.25. The van der Waals surface area contributed by atoms with Crippen LogP contribution >= 0.6 is 0 Å². The lowest BCUT2D eigenvalue weighted by Gasteiger charge is -2.08. The van der Waals surface area contributed by atoms with Crippen LogP contribution in [0.2, 0.25) is 0 Å². The van der Waals surface area contributed by atoms with Crippen molar-refractivity contribution in [1.82, 2.24) is 4.98 Å². The number of nitrogens with one attached hydrogen (secondary N) is 1. The SMILES string of the molecule is Nc1c(Cc2cc[nH]c(=O)c2)cccc1C(=O)O. The molecule has 0 fully saturated rings. The molecule has 0 saturated heterocycles. The van der Waals surface area contributed by atoms with Crippen molar-refractivity contribution >= 4 is 11.7 Å². The minimum Gasteiger partial charge on any atom is -0.478 e. The first-order valence-electron chi connectivity index (χ1n) is 5.36. The lowest BCUT2D eigenvalue weighted by molar-refractivity contribution is 0.0698. The smallest absolute Gasteiger partial charge is 0.337 e. The van der Waals surface area contributed by atoms with E-state index in [9.17, 15) is 9.59 Å². The fourth-order valence-electron chi connectivity index (χ4n) is 1.77. The zero-order valence-corrected chi connectivity index (χ0v) is 9.51. The first-order valence-corrected chi connectivity index (χ1v) is 5.36. The average molecular weight is 244 g/mol. The highest BCUT2D eigenvalue weighted by atomic mass is 16.4. The summed E-state index contributed by atoms with van der Waals surface area (Å²) in [5.74, 6) is -1.06. The molecule has 0 bridgehead atoms. The molecule has 2 rings (SSSR count). The highest BCUT2D eigenvalue weighted by Crippen LogP contribution is 2.20. The van der Waals surface area contributed by atoms with Gasteiger partial charge >= 0.3 is 5.97 Å². The average Bonchev–Trinajstić information content (AvgIpc) is 2.31. The number of aromatic nitrogens is 1. The maximum absolute atomic E-state index is 11.2. The van der Waals surface area contributed by atoms with Crippen molar-refractivity contribution < 1.29 is 9.90 Å². The number of H-pyrrole nitrogens is 1. The van der Waals surface area contributed by atoms with Gasteiger partial charge in [0.1, 0.15) is 0 Å². The van der Waals surface area contributed by atoms with E-state index in [4.69, 9.17) is 10.8 Å². The molecule has 0 unspecified atom stereocenters. The Morgan fingerprint density at radius 3 is 2.78 bits per heavy atom. The van der Waals surface area contributed by atoms with Gasteiger partial charge in [0, 0.05) is 18.0 Å². The van der Waals surface area contributed by atoms with Crippen molar-refractivity contribution in [2.45, 2.75) is 6.42 Å². The van der Waals surface area contributed by atoms with Gasteiger partial charge in [0.15, 0.2) is 0 Å². The number of benzene rings is 1. The Balaban J connectivity index is 2.38. The Hall–Kier alpha value is -2.56. The van der Waals surface area contributed by atoms with Gasteiger partial charge in [-0.25, -0.2) is 4.79 Å². The number of anilines is 1. The van der Waals surface area contributed by atoms with Gasteiger partial charge in [-0.3, -0.25) is 4.79 Å². The van der Waals surface area contributed by atoms with Gasteiger partial charge < -0.3 is 15.8 Å². The van der Waals surface area contributed by atoms with E-state index in [1.807, 2.05) is 0 Å². The summed E-state index contributed by atoms with van der Waals surface area (Å²) in [7, 11) is 0. The summed E-state index contributed by atoms with van der Waals surface area (Å²) < 4.78 is 0. The van der Waals surface area contributed by atoms with Crippen molar-refractivity contribution in [2.24, 2.45) is 0 Å². The lowest BCUT2D eigenvalue weighted by Crippen LogP contribution is -2.08. The summed E-state index contributed by atoms with van der Waals surface area (Å²) in [6.45, 7) is 0. The maximum atomic E-state index is 11.2. The number of hydrogen-bond donors (Lipinski definition) is 3. The zero-order valence-electron chi connectivity index (χ0n) is 9.51. The van der Waals surface area contributed by atoms with E-state index < -0.39 is 5.97 Å². The summed E-state index contributed by atoms with van der Waals surface area (Å²) in [5.41, 5.74) is 7.41. The molecule has 92 valence electrons. The minimum atomic E-state index is -1.06. The molecular formula is C13H12N2O3. The molecule has 0 aliphatic carbocycles. The van der Waals surface area contributed by atoms with E-state index in [0.717, 1.165) is 5.56 Å². The number of carboxylic acids is 1. The summed E-state index contributed by atoms with van der Waals surface area (Å²) in [5, 5.41) is 8.97. The molecular weight excluding hydrogens is 232 g/mol. The zero-order chi connectivity index (χ0) is 13.1. The predicted molar refractivity (Wildman–Crippen MR) is 67.7 cm³/mol. The van der Waals surface area contributed by atoms with E-state index in [2.05, 4.69) is 4.98 Å². The van der Waals surface area contributed by atoms with E-state index in [0.29, 0.717) is 12.0 Å². The van der Waals surface area contributed by atoms with E-state index >= 15 is 0 Å². The molecule has 0 radical (unpaired) electrons. The molecule has 18 heavy (non-hydrogen) atoms. The fourth-order valence-corrected chi connectivity index (χ4v) is 1.77. The van der Waals surface area contributed by atoms with Crippen LogP contribution < -0.4 is 11.3 Å². The lowest BCUT2D eigenvalue weighted by atomic mass is 10.0. The molecule has 5 nitrogen and oxygen atoms in total. The number of carboxylic acid groups (broad SMARTS) is 1. The number of pyridine rings is 1. The number of carbonyl (C=O) groups is 1. The van der Waals surface area contributed by atoms with Crippen LogP contribution in [0.4, 0.5) is 5.69 Å². The fraction of sp³-hybridized carbons (Fsp3) is 0.0769. The minimum absolute atomic E-state index is 0.0809. The number of nitrogens with two attached hydrogens (primary N) is 1. The van der Waals surface area contributed by atoms with Crippen molar-refractivity contribution in [3.05, 3.63) is 63.6 Å². The number of aromatic amines is 1. The number of hydrogen-bond acceptors (Lipinski definition) is 3. The van der Waals surface area contributed by atoms with Crippen LogP contribution in [0.5, 0.6) is 0 Å². The third-order valence-corrected chi connectivity index (χ3v) is 2.66. The molecule has 1 heterocycles. The highest BCUT2D eigenvalue weighted by Gasteiger charge is 2.11. The topological polar surface area (TPSA) is 96.2 Å². The Morgan fingerprint density at radius 2 is 2.11 bits per heavy atom. The molecule has 5 heteroatoms. The molecule has 0 amide bonds. The van der Waals surface area contributed by atoms with Crippen LogP contribution in [0.1, 0.15) is 21.5 Å². The highest BCUT2D eigenvalue weighted by molar-refractivity contribution is 5.94. The van der Waals surface area contributed by atoms with Gasteiger partial charge in [-0.1, -0.05) is 12.1 Å². The summed E-state index contributed by atoms with van der Waals surface area (Å²) in [6, 6.07) is 8.07. The largest absolute Gasteiger partial charge is 0.478 e. The molecule has 0 spiro atoms. The van der Waals surface area contributed by atoms with Gasteiger partial charge in [0.2, 0.25) is 5.56 Å². The summed E-state index contributed by atoms with van der Waals surface area (Å²) in [6.07, 6.45) is 1.98. The van der Waals surface area contributed by atoms with Crippen molar-refractivity contribution in [2.75, 3.05) is 5.73 Å². The second-order valence-electron chi connectivity index (χ2n) is 3.92. The van der Waals surface area contributed by atoms with Gasteiger partial charge in [-0.15, -0.1) is 0 Å². The standard InChI is InChI=1S/C13H12N2O3/c14-12-9(2-1-3-10(12)13(17)18)6-8-4-5-15-11(16)7-8/h1-5,7H,6,14H2,(H,15,16)(H,17,18). The normalized spacial score (nSPS) is 10.2. The third-order valence-electron chi connectivity index (χ3n) is 2.66. The van der Waals surface area contributed by atoms with Crippen LogP contribution in [0.25, 0.3) is 0 Å². The quantitative estimate of drug-likeness (QED) is 0.708. The second kappa shape index (κ2) is 4.75. The van der Waals surface area contributed by atoms with Gasteiger partial charge in [-0.05, 0) is 29.7 Å². The Bertz CT molecular complexity index is 647. The Morgan fingerprint density at radius 1 is 1.33 bits per heavy atom.